The number of likely N-dealkylation sites (N-methyl/N-ethyl adjacent to an activating group) is 1. The zero-order valence-electron chi connectivity index (χ0n) is 10.9. The minimum Gasteiger partial charge on any atom is -0.395 e. The van der Waals surface area contributed by atoms with E-state index >= 15 is 0 Å². The Labute approximate surface area is 103 Å². The van der Waals surface area contributed by atoms with Gasteiger partial charge in [-0.25, -0.2) is 4.39 Å². The first-order valence-electron chi connectivity index (χ1n) is 6.10. The molecule has 1 N–H and O–H groups in total. The maximum absolute atomic E-state index is 13.4. The highest BCUT2D eigenvalue weighted by Crippen LogP contribution is 2.11. The second-order valence-corrected chi connectivity index (χ2v) is 4.82. The molecule has 0 amide bonds. The summed E-state index contributed by atoms with van der Waals surface area (Å²) in [7, 11) is 1.97. The Hall–Kier alpha value is -0.930. The van der Waals surface area contributed by atoms with Crippen molar-refractivity contribution in [3.8, 4) is 0 Å². The quantitative estimate of drug-likeness (QED) is 0.823. The summed E-state index contributed by atoms with van der Waals surface area (Å²) in [5, 5.41) is 9.30. The maximum Gasteiger partial charge on any atom is 0.126 e. The van der Waals surface area contributed by atoms with Gasteiger partial charge in [0.05, 0.1) is 6.61 Å². The molecule has 96 valence electrons. The number of halogens is 1. The molecule has 1 aromatic carbocycles. The van der Waals surface area contributed by atoms with Crippen LogP contribution in [0.1, 0.15) is 19.4 Å². The van der Waals surface area contributed by atoms with E-state index in [1.54, 1.807) is 6.07 Å². The molecule has 17 heavy (non-hydrogen) atoms. The lowest BCUT2D eigenvalue weighted by molar-refractivity contribution is 0.114. The highest BCUT2D eigenvalue weighted by molar-refractivity contribution is 5.17. The van der Waals surface area contributed by atoms with E-state index in [1.807, 2.05) is 19.2 Å². The number of hydrogen-bond acceptors (Lipinski definition) is 2. The standard InChI is InChI=1S/C14H22FNO/c1-11(2)14(10-17)16(3)9-8-12-6-4-5-7-13(12)15/h4-7,11,14,17H,8-10H2,1-3H3. The summed E-state index contributed by atoms with van der Waals surface area (Å²) in [5.74, 6) is 0.247. The molecule has 0 aliphatic heterocycles. The molecule has 0 aromatic heterocycles. The number of aliphatic hydroxyl groups is 1. The fraction of sp³-hybridized carbons (Fsp3) is 0.571. The fourth-order valence-corrected chi connectivity index (χ4v) is 2.02. The Morgan fingerprint density at radius 2 is 1.94 bits per heavy atom. The van der Waals surface area contributed by atoms with Crippen molar-refractivity contribution in [1.29, 1.82) is 0 Å². The van der Waals surface area contributed by atoms with E-state index in [0.29, 0.717) is 12.3 Å². The van der Waals surface area contributed by atoms with Gasteiger partial charge in [-0.2, -0.15) is 0 Å². The van der Waals surface area contributed by atoms with Crippen LogP contribution in [0.4, 0.5) is 4.39 Å². The van der Waals surface area contributed by atoms with Crippen LogP contribution in [-0.4, -0.2) is 36.2 Å². The van der Waals surface area contributed by atoms with Gasteiger partial charge in [-0.15, -0.1) is 0 Å². The van der Waals surface area contributed by atoms with Crippen LogP contribution in [0.3, 0.4) is 0 Å². The molecule has 0 fully saturated rings. The summed E-state index contributed by atoms with van der Waals surface area (Å²) in [4.78, 5) is 2.09. The smallest absolute Gasteiger partial charge is 0.126 e. The van der Waals surface area contributed by atoms with Crippen LogP contribution in [0.15, 0.2) is 24.3 Å². The summed E-state index contributed by atoms with van der Waals surface area (Å²) in [6.07, 6.45) is 0.673. The largest absolute Gasteiger partial charge is 0.395 e. The van der Waals surface area contributed by atoms with Gasteiger partial charge in [-0.1, -0.05) is 32.0 Å². The molecule has 2 nitrogen and oxygen atoms in total. The lowest BCUT2D eigenvalue weighted by Crippen LogP contribution is -2.40. The zero-order valence-corrected chi connectivity index (χ0v) is 10.9. The number of nitrogens with zero attached hydrogens (tertiary/aromatic N) is 1. The van der Waals surface area contributed by atoms with Crippen molar-refractivity contribution in [2.45, 2.75) is 26.3 Å². The third kappa shape index (κ3) is 4.10. The average molecular weight is 239 g/mol. The minimum atomic E-state index is -0.147. The van der Waals surface area contributed by atoms with Crippen molar-refractivity contribution in [2.75, 3.05) is 20.2 Å². The molecular formula is C14H22FNO. The number of benzene rings is 1. The predicted molar refractivity (Wildman–Crippen MR) is 68.4 cm³/mol. The number of rotatable bonds is 6. The van der Waals surface area contributed by atoms with Gasteiger partial charge >= 0.3 is 0 Å². The molecule has 0 saturated carbocycles. The first kappa shape index (κ1) is 14.1. The van der Waals surface area contributed by atoms with Crippen molar-refractivity contribution in [3.63, 3.8) is 0 Å². The highest BCUT2D eigenvalue weighted by Gasteiger charge is 2.17. The monoisotopic (exact) mass is 239 g/mol. The zero-order chi connectivity index (χ0) is 12.8. The van der Waals surface area contributed by atoms with E-state index in [2.05, 4.69) is 18.7 Å². The van der Waals surface area contributed by atoms with E-state index in [-0.39, 0.29) is 18.5 Å². The summed E-state index contributed by atoms with van der Waals surface area (Å²) < 4.78 is 13.4. The van der Waals surface area contributed by atoms with E-state index in [4.69, 9.17) is 0 Å². The van der Waals surface area contributed by atoms with Gasteiger partial charge in [-0.05, 0) is 31.0 Å². The molecule has 0 aliphatic rings. The Morgan fingerprint density at radius 3 is 2.47 bits per heavy atom. The van der Waals surface area contributed by atoms with Crippen molar-refractivity contribution in [3.05, 3.63) is 35.6 Å². The first-order valence-corrected chi connectivity index (χ1v) is 6.10. The third-order valence-electron chi connectivity index (χ3n) is 3.21. The molecule has 0 bridgehead atoms. The van der Waals surface area contributed by atoms with Gasteiger partial charge < -0.3 is 10.0 Å². The van der Waals surface area contributed by atoms with Crippen LogP contribution in [-0.2, 0) is 6.42 Å². The van der Waals surface area contributed by atoms with Gasteiger partial charge in [0.15, 0.2) is 0 Å². The van der Waals surface area contributed by atoms with Gasteiger partial charge in [0.2, 0.25) is 0 Å². The molecule has 0 heterocycles. The molecule has 0 aliphatic carbocycles. The Morgan fingerprint density at radius 1 is 1.29 bits per heavy atom. The molecule has 0 spiro atoms. The average Bonchev–Trinajstić information content (AvgIpc) is 2.28. The number of aliphatic hydroxyl groups excluding tert-OH is 1. The molecular weight excluding hydrogens is 217 g/mol. The lowest BCUT2D eigenvalue weighted by Gasteiger charge is -2.29. The van der Waals surface area contributed by atoms with Crippen LogP contribution in [0, 0.1) is 11.7 Å². The predicted octanol–water partition coefficient (Wildman–Crippen LogP) is 2.32. The van der Waals surface area contributed by atoms with E-state index in [0.717, 1.165) is 12.1 Å². The van der Waals surface area contributed by atoms with Crippen LogP contribution in [0.2, 0.25) is 0 Å². The van der Waals surface area contributed by atoms with Crippen molar-refractivity contribution >= 4 is 0 Å². The van der Waals surface area contributed by atoms with Crippen LogP contribution in [0.25, 0.3) is 0 Å². The normalized spacial score (nSPS) is 13.4. The molecule has 1 atom stereocenters. The van der Waals surface area contributed by atoms with Crippen molar-refractivity contribution < 1.29 is 9.50 Å². The molecule has 3 heteroatoms. The van der Waals surface area contributed by atoms with Crippen LogP contribution >= 0.6 is 0 Å². The second kappa shape index (κ2) is 6.72. The van der Waals surface area contributed by atoms with Crippen LogP contribution < -0.4 is 0 Å². The summed E-state index contributed by atoms with van der Waals surface area (Å²) in [6.45, 7) is 5.07. The highest BCUT2D eigenvalue weighted by atomic mass is 19.1. The second-order valence-electron chi connectivity index (χ2n) is 4.82. The van der Waals surface area contributed by atoms with E-state index in [1.165, 1.54) is 6.07 Å². The first-order chi connectivity index (χ1) is 8.06. The van der Waals surface area contributed by atoms with Crippen molar-refractivity contribution in [2.24, 2.45) is 5.92 Å². The lowest BCUT2D eigenvalue weighted by atomic mass is 10.0. The SMILES string of the molecule is CC(C)C(CO)N(C)CCc1ccccc1F. The third-order valence-corrected chi connectivity index (χ3v) is 3.21. The topological polar surface area (TPSA) is 23.5 Å². The van der Waals surface area contributed by atoms with Gasteiger partial charge in [-0.3, -0.25) is 0 Å². The Kier molecular flexibility index (Phi) is 5.59. The summed E-state index contributed by atoms with van der Waals surface area (Å²) >= 11 is 0. The minimum absolute atomic E-state index is 0.141. The maximum atomic E-state index is 13.4. The van der Waals surface area contributed by atoms with Crippen molar-refractivity contribution in [1.82, 2.24) is 4.90 Å². The Bertz CT molecular complexity index is 341. The van der Waals surface area contributed by atoms with E-state index in [9.17, 15) is 9.50 Å². The van der Waals surface area contributed by atoms with Gasteiger partial charge in [0, 0.05) is 12.6 Å². The molecule has 0 radical (unpaired) electrons. The molecule has 0 saturated heterocycles. The van der Waals surface area contributed by atoms with Gasteiger partial charge in [0.1, 0.15) is 5.82 Å². The number of hydrogen-bond donors (Lipinski definition) is 1. The fourth-order valence-electron chi connectivity index (χ4n) is 2.02. The summed E-state index contributed by atoms with van der Waals surface area (Å²) in [5.41, 5.74) is 0.736. The Balaban J connectivity index is 2.53. The van der Waals surface area contributed by atoms with E-state index < -0.39 is 0 Å². The van der Waals surface area contributed by atoms with Crippen LogP contribution in [0.5, 0.6) is 0 Å². The molecule has 1 aromatic rings. The summed E-state index contributed by atoms with van der Waals surface area (Å²) in [6, 6.07) is 6.99. The molecule has 1 rings (SSSR count). The van der Waals surface area contributed by atoms with Gasteiger partial charge in [0.25, 0.3) is 0 Å². The molecule has 1 unspecified atom stereocenters.